The second kappa shape index (κ2) is 62.0. The molecule has 4 rings (SSSR count). The first-order valence-corrected chi connectivity index (χ1v) is 16.4. The van der Waals surface area contributed by atoms with Crippen LogP contribution in [0.4, 0.5) is 0 Å². The van der Waals surface area contributed by atoms with Gasteiger partial charge in [0, 0.05) is 70.5 Å². The van der Waals surface area contributed by atoms with Crippen LogP contribution >= 0.6 is 0 Å². The zero-order valence-corrected chi connectivity index (χ0v) is 41.6. The Hall–Kier alpha value is -5.32. The first kappa shape index (κ1) is 89.6. The summed E-state index contributed by atoms with van der Waals surface area (Å²) in [4.78, 5) is 71.1. The van der Waals surface area contributed by atoms with E-state index in [-0.39, 0.29) is 68.3 Å². The Morgan fingerprint density at radius 2 is 0.375 bits per heavy atom. The number of hydrogen-bond donors (Lipinski definition) is 4. The number of carbonyl (C=O) groups excluding carboxylic acids is 8. The average molecular weight is 1110 g/mol. The number of carboxylic acid groups (broad SMARTS) is 8. The maximum Gasteiger partial charge on any atom is 2.00 e. The summed E-state index contributed by atoms with van der Waals surface area (Å²) in [5.41, 5.74) is 8.70. The number of aliphatic carboxylic acids is 8. The van der Waals surface area contributed by atoms with Gasteiger partial charge in [-0.15, -0.1) is 0 Å². The third-order valence-electron chi connectivity index (χ3n) is 3.34. The average Bonchev–Trinajstić information content (AvgIpc) is 3.77. The van der Waals surface area contributed by atoms with E-state index in [1.54, 1.807) is 0 Å². The minimum absolute atomic E-state index is 0. The molecule has 28 heteroatoms. The summed E-state index contributed by atoms with van der Waals surface area (Å²) < 4.78 is 0. The number of aromatic amines is 4. The topological polar surface area (TPSA) is 436 Å². The molecule has 0 saturated heterocycles. The summed E-state index contributed by atoms with van der Waals surface area (Å²) in [6.07, 6.45) is 0. The van der Waals surface area contributed by atoms with Crippen molar-refractivity contribution in [2.45, 2.75) is 111 Å². The van der Waals surface area contributed by atoms with Gasteiger partial charge in [-0.2, -0.15) is 20.4 Å². The zero-order chi connectivity index (χ0) is 49.7. The maximum absolute atomic E-state index is 8.89. The first-order chi connectivity index (χ1) is 27.0. The molecule has 4 radical (unpaired) electrons. The van der Waals surface area contributed by atoms with Crippen molar-refractivity contribution in [3.63, 3.8) is 0 Å². The van der Waals surface area contributed by atoms with Gasteiger partial charge in [0.25, 0.3) is 0 Å². The fourth-order valence-electron chi connectivity index (χ4n) is 2.22. The van der Waals surface area contributed by atoms with Gasteiger partial charge < -0.3 is 79.2 Å². The molecule has 4 N–H and O–H groups in total. The van der Waals surface area contributed by atoms with Gasteiger partial charge in [-0.05, 0) is 135 Å². The molecule has 0 spiro atoms. The fourth-order valence-corrected chi connectivity index (χ4v) is 2.22. The predicted molar refractivity (Wildman–Crippen MR) is 198 cm³/mol. The Balaban J connectivity index is -0.0000000463. The molecular formula is C36H56Cu4N8O16. The molecule has 4 aromatic heterocycles. The van der Waals surface area contributed by atoms with Gasteiger partial charge >= 0.3 is 68.3 Å². The molecule has 4 aromatic rings. The molecule has 0 bridgehead atoms. The minimum Gasteiger partial charge on any atom is -0.550 e. The Morgan fingerprint density at radius 1 is 0.297 bits per heavy atom. The van der Waals surface area contributed by atoms with Gasteiger partial charge in [-0.3, -0.25) is 20.4 Å². The van der Waals surface area contributed by atoms with Crippen molar-refractivity contribution in [1.82, 2.24) is 40.8 Å². The molecule has 0 aliphatic rings. The Bertz CT molecular complexity index is 1350. The van der Waals surface area contributed by atoms with Crippen LogP contribution in [0.1, 0.15) is 101 Å². The molecule has 0 aromatic carbocycles. The van der Waals surface area contributed by atoms with E-state index in [9.17, 15) is 0 Å². The van der Waals surface area contributed by atoms with Gasteiger partial charge in [-0.1, -0.05) is 0 Å². The molecule has 0 aliphatic heterocycles. The van der Waals surface area contributed by atoms with E-state index in [0.29, 0.717) is 0 Å². The number of rotatable bonds is 0. The number of nitrogens with zero attached hydrogens (tertiary/aromatic N) is 4. The summed E-state index contributed by atoms with van der Waals surface area (Å²) in [7, 11) is 0. The molecule has 0 saturated carbocycles. The van der Waals surface area contributed by atoms with Crippen molar-refractivity contribution in [3.05, 3.63) is 69.8 Å². The van der Waals surface area contributed by atoms with Crippen molar-refractivity contribution in [2.75, 3.05) is 0 Å². The van der Waals surface area contributed by atoms with Crippen LogP contribution in [0.2, 0.25) is 0 Å². The number of aromatic nitrogens is 8. The first-order valence-electron chi connectivity index (χ1n) is 16.4. The Labute approximate surface area is 414 Å². The second-order valence-electron chi connectivity index (χ2n) is 10.7. The third kappa shape index (κ3) is 187. The van der Waals surface area contributed by atoms with Crippen molar-refractivity contribution >= 4 is 47.8 Å². The SMILES string of the molecule is CC(=O)[O-].CC(=O)[O-].CC(=O)[O-].CC(=O)[O-].CC(=O)[O-].CC(=O)[O-].CC(=O)[O-].CC(=O)[O-].Cc1cc(C)[nH]n1.Cc1cc(C)[nH]n1.Cc1cc(C)[nH]n1.Cc1cc(C)[nH]n1.[Cu+2].[Cu+2].[Cu+2].[Cu+2]. The van der Waals surface area contributed by atoms with Gasteiger partial charge in [-0.25, -0.2) is 0 Å². The van der Waals surface area contributed by atoms with Gasteiger partial charge in [0.2, 0.25) is 0 Å². The Kier molecular flexibility index (Phi) is 86.8. The van der Waals surface area contributed by atoms with E-state index in [4.69, 9.17) is 79.2 Å². The molecule has 24 nitrogen and oxygen atoms in total. The van der Waals surface area contributed by atoms with Crippen LogP contribution in [0.5, 0.6) is 0 Å². The number of hydrogen-bond acceptors (Lipinski definition) is 20. The quantitative estimate of drug-likeness (QED) is 0.119. The van der Waals surface area contributed by atoms with E-state index in [1.807, 2.05) is 79.7 Å². The van der Waals surface area contributed by atoms with Crippen molar-refractivity contribution in [3.8, 4) is 0 Å². The summed E-state index contributed by atoms with van der Waals surface area (Å²) in [5, 5.41) is 97.9. The van der Waals surface area contributed by atoms with E-state index >= 15 is 0 Å². The summed E-state index contributed by atoms with van der Waals surface area (Å²) in [6, 6.07) is 8.00. The molecule has 0 fully saturated rings. The molecule has 0 unspecified atom stereocenters. The van der Waals surface area contributed by atoms with Crippen LogP contribution in [0.15, 0.2) is 24.3 Å². The molecular weight excluding hydrogens is 1050 g/mol. The smallest absolute Gasteiger partial charge is 0.550 e. The van der Waals surface area contributed by atoms with Gasteiger partial charge in [0.15, 0.2) is 0 Å². The van der Waals surface area contributed by atoms with E-state index in [0.717, 1.165) is 101 Å². The number of carboxylic acids is 8. The standard InChI is InChI=1S/4C5H8N2.8C2H4O2.4Cu/c4*1-4-3-5(2)7-6-4;8*1-2(3)4;;;;/h4*3H,1-2H3,(H,6,7);8*1H3,(H,3,4);;;;/q;;;;;;;;;;;;4*+2/p-8. The molecule has 0 aliphatic carbocycles. The van der Waals surface area contributed by atoms with Crippen molar-refractivity contribution < 1.29 is 147 Å². The second-order valence-corrected chi connectivity index (χ2v) is 10.7. The monoisotopic (exact) mass is 1110 g/mol. The largest absolute Gasteiger partial charge is 2.00 e. The van der Waals surface area contributed by atoms with Crippen LogP contribution < -0.4 is 40.9 Å². The molecule has 0 atom stereocenters. The van der Waals surface area contributed by atoms with Crippen LogP contribution in [0.3, 0.4) is 0 Å². The summed E-state index contributed by atoms with van der Waals surface area (Å²) in [5.74, 6) is -8.67. The third-order valence-corrected chi connectivity index (χ3v) is 3.34. The van der Waals surface area contributed by atoms with Crippen molar-refractivity contribution in [2.24, 2.45) is 0 Å². The number of nitrogens with one attached hydrogen (secondary N) is 4. The minimum atomic E-state index is -1.08. The van der Waals surface area contributed by atoms with E-state index in [1.165, 1.54) is 0 Å². The number of H-pyrrole nitrogens is 4. The van der Waals surface area contributed by atoms with Crippen LogP contribution in [-0.2, 0) is 107 Å². The van der Waals surface area contributed by atoms with Crippen LogP contribution in [-0.4, -0.2) is 88.5 Å². The molecule has 4 heterocycles. The number of carbonyl (C=O) groups is 8. The zero-order valence-electron chi connectivity index (χ0n) is 37.8. The van der Waals surface area contributed by atoms with E-state index in [2.05, 4.69) is 40.8 Å². The Morgan fingerprint density at radius 3 is 0.391 bits per heavy atom. The predicted octanol–water partition coefficient (Wildman–Crippen LogP) is -5.85. The van der Waals surface area contributed by atoms with Crippen molar-refractivity contribution in [1.29, 1.82) is 0 Å². The van der Waals surface area contributed by atoms with E-state index < -0.39 is 47.8 Å². The normalized spacial score (nSPS) is 7.25. The maximum atomic E-state index is 8.89. The van der Waals surface area contributed by atoms with Gasteiger partial charge in [0.1, 0.15) is 0 Å². The van der Waals surface area contributed by atoms with Crippen LogP contribution in [0, 0.1) is 55.4 Å². The number of aryl methyl sites for hydroxylation is 8. The molecule has 0 amide bonds. The summed E-state index contributed by atoms with van der Waals surface area (Å²) in [6.45, 7) is 23.6. The van der Waals surface area contributed by atoms with Gasteiger partial charge in [0.05, 0.1) is 22.8 Å². The molecule has 64 heavy (non-hydrogen) atoms. The molecule has 380 valence electrons. The summed E-state index contributed by atoms with van der Waals surface area (Å²) >= 11 is 0. The fraction of sp³-hybridized carbons (Fsp3) is 0.444. The van der Waals surface area contributed by atoms with Crippen LogP contribution in [0.25, 0.3) is 0 Å².